The van der Waals surface area contributed by atoms with Crippen molar-refractivity contribution in [3.05, 3.63) is 34.9 Å². The van der Waals surface area contributed by atoms with Crippen LogP contribution in [0.25, 0.3) is 0 Å². The fourth-order valence-corrected chi connectivity index (χ4v) is 4.85. The van der Waals surface area contributed by atoms with Gasteiger partial charge in [0.25, 0.3) is 0 Å². The van der Waals surface area contributed by atoms with Gasteiger partial charge in [0.15, 0.2) is 5.78 Å². The Morgan fingerprint density at radius 3 is 2.57 bits per heavy atom. The number of hydrogen-bond acceptors (Lipinski definition) is 2. The van der Waals surface area contributed by atoms with Crippen LogP contribution in [0.3, 0.4) is 0 Å². The Kier molecular flexibility index (Phi) is 3.66. The van der Waals surface area contributed by atoms with Gasteiger partial charge in [0.2, 0.25) is 0 Å². The van der Waals surface area contributed by atoms with Gasteiger partial charge in [-0.1, -0.05) is 39.3 Å². The molecule has 0 bridgehead atoms. The topological polar surface area (TPSA) is 54.4 Å². The summed E-state index contributed by atoms with van der Waals surface area (Å²) in [6, 6.07) is 6.23. The lowest BCUT2D eigenvalue weighted by Crippen LogP contribution is -2.53. The molecule has 0 saturated heterocycles. The molecule has 1 aromatic rings. The van der Waals surface area contributed by atoms with Crippen LogP contribution in [-0.4, -0.2) is 16.9 Å². The van der Waals surface area contributed by atoms with Crippen molar-refractivity contribution in [2.75, 3.05) is 0 Å². The van der Waals surface area contributed by atoms with E-state index in [1.54, 1.807) is 0 Å². The minimum Gasteiger partial charge on any atom is -0.481 e. The number of benzene rings is 1. The molecule has 0 radical (unpaired) electrons. The normalized spacial score (nSPS) is 33.3. The minimum atomic E-state index is -0.808. The van der Waals surface area contributed by atoms with Gasteiger partial charge in [0, 0.05) is 12.0 Å². The Labute approximate surface area is 138 Å². The third-order valence-electron chi connectivity index (χ3n) is 6.43. The number of Topliss-reactive ketones (excluding diaryl/α,β-unsaturated/α-hetero) is 1. The maximum absolute atomic E-state index is 12.8. The van der Waals surface area contributed by atoms with Crippen molar-refractivity contribution in [3.8, 4) is 0 Å². The molecule has 3 atom stereocenters. The summed E-state index contributed by atoms with van der Waals surface area (Å²) in [6.07, 6.45) is 2.88. The van der Waals surface area contributed by atoms with E-state index in [4.69, 9.17) is 0 Å². The summed E-state index contributed by atoms with van der Waals surface area (Å²) in [5, 5.41) is 9.79. The number of fused-ring (bicyclic) bond motifs is 3. The van der Waals surface area contributed by atoms with Crippen LogP contribution in [0.2, 0.25) is 0 Å². The van der Waals surface area contributed by atoms with Crippen molar-refractivity contribution in [1.82, 2.24) is 0 Å². The van der Waals surface area contributed by atoms with Crippen LogP contribution in [0, 0.1) is 11.3 Å². The summed E-state index contributed by atoms with van der Waals surface area (Å²) < 4.78 is 0. The van der Waals surface area contributed by atoms with Crippen molar-refractivity contribution in [2.45, 2.75) is 64.7 Å². The monoisotopic (exact) mass is 314 g/mol. The molecule has 1 fully saturated rings. The zero-order valence-electron chi connectivity index (χ0n) is 14.5. The molecule has 0 amide bonds. The highest BCUT2D eigenvalue weighted by Gasteiger charge is 2.56. The summed E-state index contributed by atoms with van der Waals surface area (Å²) in [4.78, 5) is 24.7. The molecule has 0 unspecified atom stereocenters. The molecule has 0 aliphatic heterocycles. The van der Waals surface area contributed by atoms with Crippen molar-refractivity contribution in [1.29, 1.82) is 0 Å². The first kappa shape index (κ1) is 16.2. The van der Waals surface area contributed by atoms with Gasteiger partial charge in [-0.25, -0.2) is 0 Å². The first-order valence-electron chi connectivity index (χ1n) is 8.61. The molecule has 124 valence electrons. The molecule has 23 heavy (non-hydrogen) atoms. The lowest BCUT2D eigenvalue weighted by molar-refractivity contribution is -0.156. The standard InChI is InChI=1S/C20H26O3/c1-12(2)13-6-7-15-14(10-13)16(21)11-17-19(15,3)8-5-9-20(17,4)18(22)23/h6-7,10,12,17H,5,8-9,11H2,1-4H3,(H,22,23)/t17-,19-,20-/m0/s1. The molecule has 0 aromatic heterocycles. The fraction of sp³-hybridized carbons (Fsp3) is 0.600. The lowest BCUT2D eigenvalue weighted by atomic mass is 9.49. The van der Waals surface area contributed by atoms with Crippen molar-refractivity contribution in [2.24, 2.45) is 11.3 Å². The van der Waals surface area contributed by atoms with Gasteiger partial charge in [0.05, 0.1) is 5.41 Å². The number of carbonyl (C=O) groups is 2. The average molecular weight is 314 g/mol. The molecular formula is C20H26O3. The average Bonchev–Trinajstić information content (AvgIpc) is 2.49. The zero-order chi connectivity index (χ0) is 17.0. The third-order valence-corrected chi connectivity index (χ3v) is 6.43. The summed E-state index contributed by atoms with van der Waals surface area (Å²) in [5.74, 6) is -0.386. The van der Waals surface area contributed by atoms with Crippen molar-refractivity contribution >= 4 is 11.8 Å². The van der Waals surface area contributed by atoms with Crippen LogP contribution in [0.4, 0.5) is 0 Å². The van der Waals surface area contributed by atoms with E-state index >= 15 is 0 Å². The predicted octanol–water partition coefficient (Wildman–Crippen LogP) is 4.55. The van der Waals surface area contributed by atoms with E-state index in [1.165, 1.54) is 5.56 Å². The Bertz CT molecular complexity index is 675. The van der Waals surface area contributed by atoms with Gasteiger partial charge in [0.1, 0.15) is 0 Å². The van der Waals surface area contributed by atoms with Gasteiger partial charge in [-0.2, -0.15) is 0 Å². The number of carboxylic acids is 1. The van der Waals surface area contributed by atoms with E-state index in [0.29, 0.717) is 18.8 Å². The molecule has 3 nitrogen and oxygen atoms in total. The number of carboxylic acid groups (broad SMARTS) is 1. The summed E-state index contributed by atoms with van der Waals surface area (Å²) in [6.45, 7) is 8.25. The maximum Gasteiger partial charge on any atom is 0.309 e. The molecule has 0 spiro atoms. The second-order valence-corrected chi connectivity index (χ2v) is 8.13. The van der Waals surface area contributed by atoms with E-state index in [9.17, 15) is 14.7 Å². The quantitative estimate of drug-likeness (QED) is 0.871. The number of aliphatic carboxylic acids is 1. The van der Waals surface area contributed by atoms with Crippen LogP contribution in [0.15, 0.2) is 18.2 Å². The van der Waals surface area contributed by atoms with Gasteiger partial charge in [-0.15, -0.1) is 0 Å². The molecule has 3 rings (SSSR count). The molecule has 1 saturated carbocycles. The van der Waals surface area contributed by atoms with Crippen LogP contribution >= 0.6 is 0 Å². The Balaban J connectivity index is 2.16. The number of carbonyl (C=O) groups excluding carboxylic acids is 1. The van der Waals surface area contributed by atoms with Crippen LogP contribution in [0.1, 0.15) is 80.8 Å². The second kappa shape index (κ2) is 5.19. The molecule has 1 aromatic carbocycles. The molecule has 2 aliphatic carbocycles. The first-order valence-corrected chi connectivity index (χ1v) is 8.61. The molecule has 3 heteroatoms. The Morgan fingerprint density at radius 1 is 1.26 bits per heavy atom. The summed E-state index contributed by atoms with van der Waals surface area (Å²) in [7, 11) is 0. The predicted molar refractivity (Wildman–Crippen MR) is 89.9 cm³/mol. The van der Waals surface area contributed by atoms with Crippen molar-refractivity contribution in [3.63, 3.8) is 0 Å². The van der Waals surface area contributed by atoms with Gasteiger partial charge in [-0.3, -0.25) is 9.59 Å². The van der Waals surface area contributed by atoms with E-state index in [2.05, 4.69) is 32.9 Å². The van der Waals surface area contributed by atoms with Crippen molar-refractivity contribution < 1.29 is 14.7 Å². The zero-order valence-corrected chi connectivity index (χ0v) is 14.5. The van der Waals surface area contributed by atoms with Gasteiger partial charge in [-0.05, 0) is 54.2 Å². The SMILES string of the molecule is CC(C)c1ccc2c(c1)C(=O)C[C@H]1[C@@]2(C)CCC[C@]1(C)C(=O)O. The van der Waals surface area contributed by atoms with E-state index in [-0.39, 0.29) is 17.1 Å². The molecule has 2 aliphatic rings. The largest absolute Gasteiger partial charge is 0.481 e. The van der Waals surface area contributed by atoms with Gasteiger partial charge < -0.3 is 5.11 Å². The fourth-order valence-electron chi connectivity index (χ4n) is 4.85. The van der Waals surface area contributed by atoms with E-state index in [0.717, 1.165) is 24.0 Å². The lowest BCUT2D eigenvalue weighted by Gasteiger charge is -2.53. The Hall–Kier alpha value is -1.64. The van der Waals surface area contributed by atoms with E-state index in [1.807, 2.05) is 13.0 Å². The number of ketones is 1. The highest BCUT2D eigenvalue weighted by atomic mass is 16.4. The van der Waals surface area contributed by atoms with Crippen LogP contribution in [-0.2, 0) is 10.2 Å². The second-order valence-electron chi connectivity index (χ2n) is 8.13. The van der Waals surface area contributed by atoms with Crippen LogP contribution in [0.5, 0.6) is 0 Å². The van der Waals surface area contributed by atoms with Gasteiger partial charge >= 0.3 is 5.97 Å². The molecular weight excluding hydrogens is 288 g/mol. The third kappa shape index (κ3) is 2.24. The molecule has 0 heterocycles. The minimum absolute atomic E-state index is 0.111. The maximum atomic E-state index is 12.8. The smallest absolute Gasteiger partial charge is 0.309 e. The summed E-state index contributed by atoms with van der Waals surface area (Å²) in [5.41, 5.74) is 2.04. The highest BCUT2D eigenvalue weighted by molar-refractivity contribution is 6.00. The highest BCUT2D eigenvalue weighted by Crippen LogP contribution is 2.57. The van der Waals surface area contributed by atoms with Crippen LogP contribution < -0.4 is 0 Å². The first-order chi connectivity index (χ1) is 10.7. The molecule has 1 N–H and O–H groups in total. The Morgan fingerprint density at radius 2 is 1.96 bits per heavy atom. The number of rotatable bonds is 2. The number of hydrogen-bond donors (Lipinski definition) is 1. The summed E-state index contributed by atoms with van der Waals surface area (Å²) >= 11 is 0. The van der Waals surface area contributed by atoms with E-state index < -0.39 is 11.4 Å².